The van der Waals surface area contributed by atoms with Crippen molar-refractivity contribution in [1.82, 2.24) is 8.87 Å². The molecule has 0 amide bonds. The number of rotatable bonds is 7. The minimum atomic E-state index is -3.77. The highest BCUT2D eigenvalue weighted by Crippen LogP contribution is 2.26. The van der Waals surface area contributed by atoms with Crippen molar-refractivity contribution in [2.24, 2.45) is 0 Å². The highest BCUT2D eigenvalue weighted by atomic mass is 32.2. The zero-order valence-corrected chi connectivity index (χ0v) is 16.1. The lowest BCUT2D eigenvalue weighted by Gasteiger charge is -2.14. The van der Waals surface area contributed by atoms with Gasteiger partial charge in [0, 0.05) is 23.7 Å². The molecule has 1 aromatic heterocycles. The number of aryl methyl sites for hydroxylation is 1. The van der Waals surface area contributed by atoms with Gasteiger partial charge in [0.2, 0.25) is 0 Å². The summed E-state index contributed by atoms with van der Waals surface area (Å²) < 4.78 is 27.5. The van der Waals surface area contributed by atoms with Crippen LogP contribution in [0.4, 0.5) is 0 Å². The predicted octanol–water partition coefficient (Wildman–Crippen LogP) is 2.29. The zero-order chi connectivity index (χ0) is 19.6. The summed E-state index contributed by atoms with van der Waals surface area (Å²) in [5.41, 5.74) is 1.60. The summed E-state index contributed by atoms with van der Waals surface area (Å²) in [6, 6.07) is 13.6. The van der Waals surface area contributed by atoms with Crippen LogP contribution in [0.3, 0.4) is 0 Å². The number of likely N-dealkylation sites (N-methyl/N-ethyl adjacent to an activating group) is 1. The summed E-state index contributed by atoms with van der Waals surface area (Å²) in [5, 5.41) is 9.59. The molecule has 3 rings (SSSR count). The molecule has 0 aliphatic rings. The van der Waals surface area contributed by atoms with Gasteiger partial charge in [-0.25, -0.2) is 12.4 Å². The molecule has 3 aromatic rings. The molecule has 6 nitrogen and oxygen atoms in total. The summed E-state index contributed by atoms with van der Waals surface area (Å²) >= 11 is 0. The summed E-state index contributed by atoms with van der Waals surface area (Å²) in [7, 11) is -2.01. The molecule has 0 fully saturated rings. The van der Waals surface area contributed by atoms with Gasteiger partial charge in [-0.2, -0.15) is 0 Å². The molecule has 2 aromatic carbocycles. The molecule has 1 N–H and O–H groups in total. The Morgan fingerprint density at radius 1 is 1.11 bits per heavy atom. The van der Waals surface area contributed by atoms with Crippen molar-refractivity contribution in [3.63, 3.8) is 0 Å². The molecule has 142 valence electrons. The Morgan fingerprint density at radius 2 is 1.85 bits per heavy atom. The number of carbonyl (C=O) groups excluding carboxylic acids is 1. The molecule has 0 spiro atoms. The predicted molar refractivity (Wildman–Crippen MR) is 105 cm³/mol. The second-order valence-electron chi connectivity index (χ2n) is 6.51. The summed E-state index contributed by atoms with van der Waals surface area (Å²) in [4.78, 5) is 14.6. The first-order valence-corrected chi connectivity index (χ1v) is 10.0. The maximum Gasteiger partial charge on any atom is 0.268 e. The first kappa shape index (κ1) is 19.3. The van der Waals surface area contributed by atoms with Crippen LogP contribution in [-0.2, 0) is 10.0 Å². The first-order chi connectivity index (χ1) is 12.9. The van der Waals surface area contributed by atoms with E-state index >= 15 is 0 Å². The molecule has 0 aliphatic carbocycles. The number of carbonyl (C=O) groups is 1. The molecular formula is C20H22N2O4S. The van der Waals surface area contributed by atoms with Crippen LogP contribution in [0.15, 0.2) is 59.6 Å². The third kappa shape index (κ3) is 3.66. The van der Waals surface area contributed by atoms with Crippen LogP contribution in [-0.4, -0.2) is 54.9 Å². The summed E-state index contributed by atoms with van der Waals surface area (Å²) in [6.07, 6.45) is 1.49. The van der Waals surface area contributed by atoms with E-state index in [0.29, 0.717) is 28.6 Å². The Bertz CT molecular complexity index is 1090. The highest BCUT2D eigenvalue weighted by Gasteiger charge is 2.22. The van der Waals surface area contributed by atoms with E-state index in [1.165, 1.54) is 10.2 Å². The first-order valence-electron chi connectivity index (χ1n) is 8.60. The standard InChI is InChI=1S/C20H22N2O4S/c1-15-6-3-4-9-20(15)27(25,26)22-11-10-16-17(7-5-8-18(16)22)19(24)14-21(2)12-13-23/h3-11,23H,12-14H2,1-2H3. The summed E-state index contributed by atoms with van der Waals surface area (Å²) in [5.74, 6) is -0.123. The van der Waals surface area contributed by atoms with Gasteiger partial charge < -0.3 is 5.11 Å². The van der Waals surface area contributed by atoms with Crippen LogP contribution in [0.25, 0.3) is 10.9 Å². The number of fused-ring (bicyclic) bond motifs is 1. The Labute approximate surface area is 158 Å². The molecule has 0 bridgehead atoms. The van der Waals surface area contributed by atoms with Crippen LogP contribution in [0.2, 0.25) is 0 Å². The second-order valence-corrected chi connectivity index (χ2v) is 8.29. The van der Waals surface area contributed by atoms with E-state index in [2.05, 4.69) is 0 Å². The highest BCUT2D eigenvalue weighted by molar-refractivity contribution is 7.90. The Morgan fingerprint density at radius 3 is 2.56 bits per heavy atom. The van der Waals surface area contributed by atoms with Crippen LogP contribution < -0.4 is 0 Å². The SMILES string of the molecule is Cc1ccccc1S(=O)(=O)n1ccc2c(C(=O)CN(C)CCO)cccc21. The van der Waals surface area contributed by atoms with Crippen LogP contribution in [0, 0.1) is 6.92 Å². The lowest BCUT2D eigenvalue weighted by atomic mass is 10.1. The van der Waals surface area contributed by atoms with Gasteiger partial charge in [0.05, 0.1) is 23.6 Å². The number of hydrogen-bond donors (Lipinski definition) is 1. The van der Waals surface area contributed by atoms with Crippen molar-refractivity contribution in [2.75, 3.05) is 26.7 Å². The van der Waals surface area contributed by atoms with Gasteiger partial charge in [0.25, 0.3) is 10.0 Å². The molecule has 0 saturated carbocycles. The van der Waals surface area contributed by atoms with Crippen molar-refractivity contribution < 1.29 is 18.3 Å². The molecule has 1 heterocycles. The molecule has 7 heteroatoms. The molecule has 0 unspecified atom stereocenters. The molecule has 0 aliphatic heterocycles. The van der Waals surface area contributed by atoms with Crippen molar-refractivity contribution in [2.45, 2.75) is 11.8 Å². The fourth-order valence-corrected chi connectivity index (χ4v) is 4.70. The maximum absolute atomic E-state index is 13.1. The number of nitrogens with zero attached hydrogens (tertiary/aromatic N) is 2. The monoisotopic (exact) mass is 386 g/mol. The fraction of sp³-hybridized carbons (Fsp3) is 0.250. The van der Waals surface area contributed by atoms with Gasteiger partial charge in [0.15, 0.2) is 5.78 Å². The number of benzene rings is 2. The molecule has 27 heavy (non-hydrogen) atoms. The fourth-order valence-electron chi connectivity index (χ4n) is 3.13. The largest absolute Gasteiger partial charge is 0.395 e. The topological polar surface area (TPSA) is 79.6 Å². The lowest BCUT2D eigenvalue weighted by Crippen LogP contribution is -2.28. The van der Waals surface area contributed by atoms with Crippen LogP contribution in [0.1, 0.15) is 15.9 Å². The number of aliphatic hydroxyl groups is 1. The van der Waals surface area contributed by atoms with E-state index in [9.17, 15) is 13.2 Å². The van der Waals surface area contributed by atoms with E-state index in [0.717, 1.165) is 0 Å². The number of Topliss-reactive ketones (excluding diaryl/α,β-unsaturated/α-hetero) is 1. The van der Waals surface area contributed by atoms with E-state index in [4.69, 9.17) is 5.11 Å². The molecule has 0 radical (unpaired) electrons. The smallest absolute Gasteiger partial charge is 0.268 e. The Kier molecular flexibility index (Phi) is 5.46. The van der Waals surface area contributed by atoms with Crippen LogP contribution >= 0.6 is 0 Å². The van der Waals surface area contributed by atoms with E-state index in [1.807, 2.05) is 0 Å². The normalized spacial score (nSPS) is 12.0. The van der Waals surface area contributed by atoms with Crippen molar-refractivity contribution >= 4 is 26.7 Å². The average Bonchev–Trinajstić information content (AvgIpc) is 3.07. The van der Waals surface area contributed by atoms with Crippen molar-refractivity contribution in [1.29, 1.82) is 0 Å². The minimum Gasteiger partial charge on any atom is -0.395 e. The van der Waals surface area contributed by atoms with Crippen molar-refractivity contribution in [3.8, 4) is 0 Å². The molecular weight excluding hydrogens is 364 g/mol. The minimum absolute atomic E-state index is 0.0287. The summed E-state index contributed by atoms with van der Waals surface area (Å²) in [6.45, 7) is 2.27. The Hall–Kier alpha value is -2.48. The number of aliphatic hydroxyl groups excluding tert-OH is 1. The number of aromatic nitrogens is 1. The number of ketones is 1. The Balaban J connectivity index is 2.06. The second kappa shape index (κ2) is 7.64. The van der Waals surface area contributed by atoms with E-state index in [1.54, 1.807) is 67.4 Å². The third-order valence-corrected chi connectivity index (χ3v) is 6.37. The van der Waals surface area contributed by atoms with Crippen molar-refractivity contribution in [3.05, 3.63) is 65.9 Å². The van der Waals surface area contributed by atoms with E-state index in [-0.39, 0.29) is 23.8 Å². The molecule has 0 atom stereocenters. The average molecular weight is 386 g/mol. The quantitative estimate of drug-likeness (QED) is 0.630. The van der Waals surface area contributed by atoms with Gasteiger partial charge in [-0.1, -0.05) is 30.3 Å². The van der Waals surface area contributed by atoms with Gasteiger partial charge in [-0.15, -0.1) is 0 Å². The lowest BCUT2D eigenvalue weighted by molar-refractivity contribution is 0.0937. The molecule has 0 saturated heterocycles. The van der Waals surface area contributed by atoms with Crippen LogP contribution in [0.5, 0.6) is 0 Å². The van der Waals surface area contributed by atoms with Gasteiger partial charge in [0.1, 0.15) is 0 Å². The van der Waals surface area contributed by atoms with Gasteiger partial charge in [-0.05, 0) is 37.7 Å². The van der Waals surface area contributed by atoms with Gasteiger partial charge in [-0.3, -0.25) is 9.69 Å². The van der Waals surface area contributed by atoms with Gasteiger partial charge >= 0.3 is 0 Å². The van der Waals surface area contributed by atoms with E-state index < -0.39 is 10.0 Å². The number of hydrogen-bond acceptors (Lipinski definition) is 5. The maximum atomic E-state index is 13.1. The third-order valence-electron chi connectivity index (χ3n) is 4.52. The zero-order valence-electron chi connectivity index (χ0n) is 15.3.